The fourth-order valence-corrected chi connectivity index (χ4v) is 2.49. The highest BCUT2D eigenvalue weighted by Gasteiger charge is 2.13. The number of para-hydroxylation sites is 1. The molecule has 1 amide bonds. The number of aromatic nitrogens is 2. The number of aryl methyl sites for hydroxylation is 1. The average Bonchev–Trinajstić information content (AvgIpc) is 2.63. The molecular formula is C19H26N4O2. The Balaban J connectivity index is 2.09. The van der Waals surface area contributed by atoms with E-state index in [9.17, 15) is 4.79 Å². The van der Waals surface area contributed by atoms with Gasteiger partial charge in [-0.1, -0.05) is 31.5 Å². The largest absolute Gasteiger partial charge is 0.496 e. The summed E-state index contributed by atoms with van der Waals surface area (Å²) in [7, 11) is 3.60. The van der Waals surface area contributed by atoms with E-state index >= 15 is 0 Å². The van der Waals surface area contributed by atoms with Gasteiger partial charge in [-0.2, -0.15) is 0 Å². The smallest absolute Gasteiger partial charge is 0.270 e. The minimum Gasteiger partial charge on any atom is -0.496 e. The molecule has 1 aromatic heterocycles. The quantitative estimate of drug-likeness (QED) is 0.799. The van der Waals surface area contributed by atoms with Crippen molar-refractivity contribution in [2.24, 2.45) is 0 Å². The summed E-state index contributed by atoms with van der Waals surface area (Å²) in [4.78, 5) is 23.2. The number of anilines is 1. The third kappa shape index (κ3) is 5.17. The van der Waals surface area contributed by atoms with Gasteiger partial charge < -0.3 is 15.0 Å². The third-order valence-corrected chi connectivity index (χ3v) is 3.93. The van der Waals surface area contributed by atoms with Crippen LogP contribution < -0.4 is 15.0 Å². The number of amides is 1. The summed E-state index contributed by atoms with van der Waals surface area (Å²) in [5.74, 6) is 1.88. The van der Waals surface area contributed by atoms with Crippen molar-refractivity contribution < 1.29 is 9.53 Å². The van der Waals surface area contributed by atoms with Crippen LogP contribution in [0.25, 0.3) is 0 Å². The molecule has 25 heavy (non-hydrogen) atoms. The van der Waals surface area contributed by atoms with E-state index in [2.05, 4.69) is 27.1 Å². The summed E-state index contributed by atoms with van der Waals surface area (Å²) in [6, 6.07) is 9.35. The van der Waals surface area contributed by atoms with Gasteiger partial charge in [-0.05, 0) is 19.4 Å². The first kappa shape index (κ1) is 18.7. The van der Waals surface area contributed by atoms with Gasteiger partial charge in [0.25, 0.3) is 5.91 Å². The molecule has 0 spiro atoms. The molecule has 1 N–H and O–H groups in total. The summed E-state index contributed by atoms with van der Waals surface area (Å²) >= 11 is 0. The molecule has 0 aliphatic carbocycles. The van der Waals surface area contributed by atoms with E-state index in [0.29, 0.717) is 18.1 Å². The van der Waals surface area contributed by atoms with E-state index in [1.807, 2.05) is 31.3 Å². The predicted molar refractivity (Wildman–Crippen MR) is 99.1 cm³/mol. The van der Waals surface area contributed by atoms with Gasteiger partial charge in [-0.15, -0.1) is 0 Å². The highest BCUT2D eigenvalue weighted by molar-refractivity contribution is 5.92. The highest BCUT2D eigenvalue weighted by Crippen LogP contribution is 2.17. The fourth-order valence-electron chi connectivity index (χ4n) is 2.49. The number of nitrogens with one attached hydrogen (secondary N) is 1. The normalized spacial score (nSPS) is 10.4. The lowest BCUT2D eigenvalue weighted by molar-refractivity contribution is 0.0945. The molecule has 134 valence electrons. The summed E-state index contributed by atoms with van der Waals surface area (Å²) in [5.41, 5.74) is 1.30. The Bertz CT molecular complexity index is 718. The zero-order valence-electron chi connectivity index (χ0n) is 15.4. The second-order valence-electron chi connectivity index (χ2n) is 5.93. The van der Waals surface area contributed by atoms with Crippen molar-refractivity contribution in [2.75, 3.05) is 25.6 Å². The van der Waals surface area contributed by atoms with E-state index < -0.39 is 0 Å². The van der Waals surface area contributed by atoms with Gasteiger partial charge in [0.05, 0.1) is 7.11 Å². The number of carbonyl (C=O) groups excluding carboxylic acids is 1. The number of rotatable bonds is 8. The number of methoxy groups -OCH3 is 1. The molecule has 0 aliphatic heterocycles. The number of unbranched alkanes of at least 4 members (excludes halogenated alkanes) is 1. The number of nitrogens with zero attached hydrogens (tertiary/aromatic N) is 3. The Kier molecular flexibility index (Phi) is 6.74. The van der Waals surface area contributed by atoms with Crippen LogP contribution in [-0.2, 0) is 6.54 Å². The molecule has 0 radical (unpaired) electrons. The first-order chi connectivity index (χ1) is 12.0. The Morgan fingerprint density at radius 1 is 1.28 bits per heavy atom. The van der Waals surface area contributed by atoms with Gasteiger partial charge in [0.1, 0.15) is 23.1 Å². The Morgan fingerprint density at radius 2 is 2.04 bits per heavy atom. The number of benzene rings is 1. The lowest BCUT2D eigenvalue weighted by atomic mass is 10.2. The maximum Gasteiger partial charge on any atom is 0.270 e. The molecular weight excluding hydrogens is 316 g/mol. The Morgan fingerprint density at radius 3 is 2.76 bits per heavy atom. The summed E-state index contributed by atoms with van der Waals surface area (Å²) < 4.78 is 5.31. The second-order valence-corrected chi connectivity index (χ2v) is 5.93. The average molecular weight is 342 g/mol. The van der Waals surface area contributed by atoms with Crippen molar-refractivity contribution in [1.82, 2.24) is 15.3 Å². The van der Waals surface area contributed by atoms with Gasteiger partial charge in [0, 0.05) is 31.8 Å². The van der Waals surface area contributed by atoms with Crippen LogP contribution in [-0.4, -0.2) is 36.6 Å². The molecule has 6 nitrogen and oxygen atoms in total. The van der Waals surface area contributed by atoms with Gasteiger partial charge in [-0.25, -0.2) is 9.97 Å². The Hall–Kier alpha value is -2.63. The number of ether oxygens (including phenoxy) is 1. The minimum absolute atomic E-state index is 0.221. The van der Waals surface area contributed by atoms with Crippen molar-refractivity contribution in [3.05, 3.63) is 47.4 Å². The van der Waals surface area contributed by atoms with E-state index in [-0.39, 0.29) is 5.91 Å². The summed E-state index contributed by atoms with van der Waals surface area (Å²) in [5, 5.41) is 2.90. The zero-order valence-corrected chi connectivity index (χ0v) is 15.4. The highest BCUT2D eigenvalue weighted by atomic mass is 16.5. The van der Waals surface area contributed by atoms with Gasteiger partial charge >= 0.3 is 0 Å². The van der Waals surface area contributed by atoms with Crippen LogP contribution in [0.1, 0.15) is 41.6 Å². The van der Waals surface area contributed by atoms with Crippen LogP contribution in [0.3, 0.4) is 0 Å². The van der Waals surface area contributed by atoms with Crippen molar-refractivity contribution >= 4 is 11.7 Å². The van der Waals surface area contributed by atoms with Crippen molar-refractivity contribution in [3.63, 3.8) is 0 Å². The van der Waals surface area contributed by atoms with Crippen molar-refractivity contribution in [1.29, 1.82) is 0 Å². The molecule has 0 unspecified atom stereocenters. The molecule has 1 heterocycles. The van der Waals surface area contributed by atoms with E-state index in [1.54, 1.807) is 20.1 Å². The molecule has 0 fully saturated rings. The Labute approximate surface area is 149 Å². The van der Waals surface area contributed by atoms with Crippen molar-refractivity contribution in [3.8, 4) is 5.75 Å². The molecule has 0 saturated heterocycles. The zero-order chi connectivity index (χ0) is 18.2. The molecule has 0 bridgehead atoms. The lowest BCUT2D eigenvalue weighted by Gasteiger charge is -2.18. The molecule has 6 heteroatoms. The van der Waals surface area contributed by atoms with E-state index in [4.69, 9.17) is 4.74 Å². The van der Waals surface area contributed by atoms with Crippen LogP contribution in [0.2, 0.25) is 0 Å². The van der Waals surface area contributed by atoms with Gasteiger partial charge in [0.15, 0.2) is 0 Å². The minimum atomic E-state index is -0.221. The summed E-state index contributed by atoms with van der Waals surface area (Å²) in [6.07, 6.45) is 2.19. The molecule has 2 rings (SSSR count). The van der Waals surface area contributed by atoms with Crippen LogP contribution in [0.4, 0.5) is 5.82 Å². The first-order valence-electron chi connectivity index (χ1n) is 8.52. The second kappa shape index (κ2) is 9.01. The van der Waals surface area contributed by atoms with Crippen LogP contribution in [0, 0.1) is 6.92 Å². The van der Waals surface area contributed by atoms with E-state index in [1.165, 1.54) is 0 Å². The SMILES string of the molecule is CCCCN(C)c1cc(C(=O)NCc2ccccc2OC)nc(C)n1. The molecule has 0 saturated carbocycles. The summed E-state index contributed by atoms with van der Waals surface area (Å²) in [6.45, 7) is 5.23. The first-order valence-corrected chi connectivity index (χ1v) is 8.52. The monoisotopic (exact) mass is 342 g/mol. The molecule has 2 aromatic rings. The number of carbonyl (C=O) groups is 1. The van der Waals surface area contributed by atoms with E-state index in [0.717, 1.165) is 36.5 Å². The molecule has 0 aliphatic rings. The van der Waals surface area contributed by atoms with Gasteiger partial charge in [-0.3, -0.25) is 4.79 Å². The molecule has 0 atom stereocenters. The van der Waals surface area contributed by atoms with Crippen molar-refractivity contribution in [2.45, 2.75) is 33.2 Å². The maximum absolute atomic E-state index is 12.5. The van der Waals surface area contributed by atoms with Crippen LogP contribution in [0.5, 0.6) is 5.75 Å². The fraction of sp³-hybridized carbons (Fsp3) is 0.421. The predicted octanol–water partition coefficient (Wildman–Crippen LogP) is 2.96. The van der Waals surface area contributed by atoms with Crippen LogP contribution in [0.15, 0.2) is 30.3 Å². The van der Waals surface area contributed by atoms with Crippen LogP contribution >= 0.6 is 0 Å². The molecule has 1 aromatic carbocycles. The van der Waals surface area contributed by atoms with Gasteiger partial charge in [0.2, 0.25) is 0 Å². The third-order valence-electron chi connectivity index (χ3n) is 3.93. The topological polar surface area (TPSA) is 67.4 Å². The maximum atomic E-state index is 12.5. The lowest BCUT2D eigenvalue weighted by Crippen LogP contribution is -2.26. The number of hydrogen-bond donors (Lipinski definition) is 1. The number of hydrogen-bond acceptors (Lipinski definition) is 5. The standard InChI is InChI=1S/C19H26N4O2/c1-5-6-11-23(3)18-12-16(21-14(2)22-18)19(24)20-13-15-9-7-8-10-17(15)25-4/h7-10,12H,5-6,11,13H2,1-4H3,(H,20,24).